The molecule has 0 saturated heterocycles. The Morgan fingerprint density at radius 2 is 2.15 bits per heavy atom. The van der Waals surface area contributed by atoms with Crippen LogP contribution in [-0.4, -0.2) is 14.4 Å². The van der Waals surface area contributed by atoms with Crippen molar-refractivity contribution in [1.29, 1.82) is 0 Å². The summed E-state index contributed by atoms with van der Waals surface area (Å²) in [5, 5.41) is 0.665. The molecule has 20 heavy (non-hydrogen) atoms. The Kier molecular flexibility index (Phi) is 3.67. The lowest BCUT2D eigenvalue weighted by Gasteiger charge is -1.92. The molecule has 0 atom stereocenters. The van der Waals surface area contributed by atoms with Crippen LogP contribution in [0.2, 0.25) is 5.02 Å². The van der Waals surface area contributed by atoms with Gasteiger partial charge in [0, 0.05) is 31.4 Å². The molecule has 3 nitrogen and oxygen atoms in total. The number of fused-ring (bicyclic) bond motifs is 1. The van der Waals surface area contributed by atoms with Crippen LogP contribution in [0.5, 0.6) is 0 Å². The molecule has 0 aromatic carbocycles. The molecule has 3 heterocycles. The zero-order chi connectivity index (χ0) is 13.8. The Balaban J connectivity index is 1.69. The Labute approximate surface area is 122 Å². The number of nitrogens with zero attached hydrogens (tertiary/aromatic N) is 3. The van der Waals surface area contributed by atoms with Gasteiger partial charge in [0.2, 0.25) is 0 Å². The summed E-state index contributed by atoms with van der Waals surface area (Å²) < 4.78 is 1.93. The molecule has 0 aliphatic heterocycles. The molecule has 0 amide bonds. The van der Waals surface area contributed by atoms with Crippen molar-refractivity contribution >= 4 is 17.2 Å². The number of aryl methyl sites for hydroxylation is 1. The molecule has 0 N–H and O–H groups in total. The van der Waals surface area contributed by atoms with Crippen LogP contribution in [0.15, 0.2) is 48.9 Å². The third-order valence-electron chi connectivity index (χ3n) is 2.87. The van der Waals surface area contributed by atoms with Gasteiger partial charge in [-0.05, 0) is 30.2 Å². The van der Waals surface area contributed by atoms with Crippen molar-refractivity contribution in [3.8, 4) is 11.8 Å². The van der Waals surface area contributed by atoms with Crippen LogP contribution >= 0.6 is 11.6 Å². The molecular formula is C16H12ClN3. The van der Waals surface area contributed by atoms with E-state index in [-0.39, 0.29) is 0 Å². The van der Waals surface area contributed by atoms with E-state index in [1.165, 1.54) is 0 Å². The van der Waals surface area contributed by atoms with Crippen molar-refractivity contribution < 1.29 is 0 Å². The third-order valence-corrected chi connectivity index (χ3v) is 3.17. The summed E-state index contributed by atoms with van der Waals surface area (Å²) in [5.74, 6) is 6.15. The predicted octanol–water partition coefficient (Wildman–Crippen LogP) is 3.37. The fourth-order valence-electron chi connectivity index (χ4n) is 1.93. The molecule has 0 spiro atoms. The Bertz CT molecular complexity index is 782. The molecule has 3 aromatic rings. The highest BCUT2D eigenvalue weighted by Crippen LogP contribution is 2.16. The van der Waals surface area contributed by atoms with Gasteiger partial charge in [0.15, 0.2) is 5.65 Å². The Morgan fingerprint density at radius 1 is 1.20 bits per heavy atom. The van der Waals surface area contributed by atoms with Gasteiger partial charge in [-0.3, -0.25) is 0 Å². The largest absolute Gasteiger partial charge is 0.306 e. The summed E-state index contributed by atoms with van der Waals surface area (Å²) in [4.78, 5) is 8.66. The fraction of sp³-hybridized carbons (Fsp3) is 0.125. The van der Waals surface area contributed by atoms with Gasteiger partial charge in [-0.2, -0.15) is 0 Å². The molecule has 0 radical (unpaired) electrons. The molecule has 0 unspecified atom stereocenters. The van der Waals surface area contributed by atoms with Gasteiger partial charge in [0.05, 0.1) is 10.7 Å². The summed E-state index contributed by atoms with van der Waals surface area (Å²) in [6.45, 7) is 0. The fourth-order valence-corrected chi connectivity index (χ4v) is 2.14. The average Bonchev–Trinajstić information content (AvgIpc) is 2.89. The minimum atomic E-state index is 0.665. The van der Waals surface area contributed by atoms with Gasteiger partial charge in [-0.25, -0.2) is 9.97 Å². The molecule has 4 heteroatoms. The van der Waals surface area contributed by atoms with E-state index in [1.54, 1.807) is 6.20 Å². The topological polar surface area (TPSA) is 30.2 Å². The van der Waals surface area contributed by atoms with E-state index in [4.69, 9.17) is 11.6 Å². The van der Waals surface area contributed by atoms with E-state index < -0.39 is 0 Å². The zero-order valence-corrected chi connectivity index (χ0v) is 11.5. The van der Waals surface area contributed by atoms with E-state index in [1.807, 2.05) is 47.1 Å². The monoisotopic (exact) mass is 281 g/mol. The molecule has 0 bridgehead atoms. The van der Waals surface area contributed by atoms with Gasteiger partial charge >= 0.3 is 0 Å². The highest BCUT2D eigenvalue weighted by molar-refractivity contribution is 6.33. The molecule has 3 rings (SSSR count). The second-order valence-corrected chi connectivity index (χ2v) is 4.74. The maximum atomic E-state index is 6.09. The van der Waals surface area contributed by atoms with Crippen molar-refractivity contribution in [1.82, 2.24) is 14.4 Å². The minimum Gasteiger partial charge on any atom is -0.306 e. The van der Waals surface area contributed by atoms with E-state index in [0.29, 0.717) is 5.02 Å². The summed E-state index contributed by atoms with van der Waals surface area (Å²) >= 11 is 6.09. The van der Waals surface area contributed by atoms with Crippen molar-refractivity contribution in [2.24, 2.45) is 0 Å². The highest BCUT2D eigenvalue weighted by atomic mass is 35.5. The van der Waals surface area contributed by atoms with Gasteiger partial charge in [0.1, 0.15) is 5.69 Å². The molecule has 98 valence electrons. The van der Waals surface area contributed by atoms with E-state index in [2.05, 4.69) is 21.8 Å². The maximum absolute atomic E-state index is 6.09. The number of hydrogen-bond donors (Lipinski definition) is 0. The standard InChI is InChI=1S/C16H12ClN3/c17-15-9-5-11-20-12-14(19-16(15)20)8-2-1-6-13-7-3-4-10-18-13/h3-5,7,9-12H,2,8H2. The second kappa shape index (κ2) is 5.77. The van der Waals surface area contributed by atoms with Gasteiger partial charge in [0.25, 0.3) is 0 Å². The van der Waals surface area contributed by atoms with Crippen LogP contribution in [0.4, 0.5) is 0 Å². The molecule has 0 aliphatic carbocycles. The van der Waals surface area contributed by atoms with Crippen molar-refractivity contribution in [2.75, 3.05) is 0 Å². The number of aromatic nitrogens is 3. The number of imidazole rings is 1. The van der Waals surface area contributed by atoms with E-state index in [0.717, 1.165) is 29.9 Å². The summed E-state index contributed by atoms with van der Waals surface area (Å²) in [5.41, 5.74) is 2.58. The normalized spacial score (nSPS) is 10.2. The average molecular weight is 282 g/mol. The highest BCUT2D eigenvalue weighted by Gasteiger charge is 2.03. The summed E-state index contributed by atoms with van der Waals surface area (Å²) in [6.07, 6.45) is 7.23. The smallest absolute Gasteiger partial charge is 0.155 e. The minimum absolute atomic E-state index is 0.665. The first-order chi connectivity index (χ1) is 9.83. The number of rotatable bonds is 2. The molecular weight excluding hydrogens is 270 g/mol. The predicted molar refractivity (Wildman–Crippen MR) is 79.6 cm³/mol. The van der Waals surface area contributed by atoms with Gasteiger partial charge in [-0.1, -0.05) is 23.6 Å². The van der Waals surface area contributed by atoms with Crippen LogP contribution in [0, 0.1) is 11.8 Å². The van der Waals surface area contributed by atoms with Crippen molar-refractivity contribution in [3.05, 3.63) is 65.3 Å². The lowest BCUT2D eigenvalue weighted by molar-refractivity contribution is 0.982. The van der Waals surface area contributed by atoms with E-state index in [9.17, 15) is 0 Å². The lowest BCUT2D eigenvalue weighted by Crippen LogP contribution is -1.83. The van der Waals surface area contributed by atoms with E-state index >= 15 is 0 Å². The lowest BCUT2D eigenvalue weighted by atomic mass is 10.2. The number of pyridine rings is 2. The first-order valence-corrected chi connectivity index (χ1v) is 6.73. The first kappa shape index (κ1) is 12.7. The molecule has 3 aromatic heterocycles. The molecule has 0 aliphatic rings. The van der Waals surface area contributed by atoms with Gasteiger partial charge < -0.3 is 4.40 Å². The Morgan fingerprint density at radius 3 is 2.95 bits per heavy atom. The quantitative estimate of drug-likeness (QED) is 0.674. The second-order valence-electron chi connectivity index (χ2n) is 4.34. The maximum Gasteiger partial charge on any atom is 0.155 e. The number of halogens is 1. The summed E-state index contributed by atoms with van der Waals surface area (Å²) in [7, 11) is 0. The van der Waals surface area contributed by atoms with Crippen LogP contribution in [-0.2, 0) is 6.42 Å². The SMILES string of the molecule is Clc1cccn2cc(CCC#Cc3ccccn3)nc12. The first-order valence-electron chi connectivity index (χ1n) is 6.35. The third kappa shape index (κ3) is 2.81. The van der Waals surface area contributed by atoms with Crippen LogP contribution < -0.4 is 0 Å². The van der Waals surface area contributed by atoms with Crippen molar-refractivity contribution in [2.45, 2.75) is 12.8 Å². The van der Waals surface area contributed by atoms with Crippen LogP contribution in [0.3, 0.4) is 0 Å². The van der Waals surface area contributed by atoms with Crippen LogP contribution in [0.25, 0.3) is 5.65 Å². The summed E-state index contributed by atoms with van der Waals surface area (Å²) in [6, 6.07) is 9.46. The Hall–Kier alpha value is -2.31. The molecule has 0 saturated carbocycles. The zero-order valence-electron chi connectivity index (χ0n) is 10.8. The van der Waals surface area contributed by atoms with Gasteiger partial charge in [-0.15, -0.1) is 0 Å². The van der Waals surface area contributed by atoms with Crippen LogP contribution in [0.1, 0.15) is 17.8 Å². The molecule has 0 fully saturated rings. The number of hydrogen-bond acceptors (Lipinski definition) is 2. The van der Waals surface area contributed by atoms with Crippen molar-refractivity contribution in [3.63, 3.8) is 0 Å².